The molecule has 2 aliphatic rings. The fraction of sp³-hybridized carbons (Fsp3) is 0.562. The third kappa shape index (κ3) is 2.66. The first-order valence-electron chi connectivity index (χ1n) is 7.31. The monoisotopic (exact) mass is 258 g/mol. The van der Waals surface area contributed by atoms with Crippen LogP contribution in [0.4, 0.5) is 0 Å². The van der Waals surface area contributed by atoms with Gasteiger partial charge >= 0.3 is 0 Å². The van der Waals surface area contributed by atoms with Gasteiger partial charge in [-0.25, -0.2) is 0 Å². The molecule has 3 nitrogen and oxygen atoms in total. The molecule has 1 saturated heterocycles. The average molecular weight is 258 g/mol. The Labute approximate surface area is 114 Å². The SMILES string of the molecule is NC1CCCC2CN(C(=O)Cc3ccccc3)CC12. The summed E-state index contributed by atoms with van der Waals surface area (Å²) in [6.07, 6.45) is 4.12. The normalized spacial score (nSPS) is 30.2. The van der Waals surface area contributed by atoms with Crippen molar-refractivity contribution in [3.8, 4) is 0 Å². The van der Waals surface area contributed by atoms with Crippen LogP contribution in [0.2, 0.25) is 0 Å². The Morgan fingerprint density at radius 1 is 1.21 bits per heavy atom. The number of fused-ring (bicyclic) bond motifs is 1. The van der Waals surface area contributed by atoms with Crippen molar-refractivity contribution in [1.82, 2.24) is 4.90 Å². The van der Waals surface area contributed by atoms with Gasteiger partial charge in [-0.3, -0.25) is 4.79 Å². The third-order valence-corrected chi connectivity index (χ3v) is 4.70. The van der Waals surface area contributed by atoms with E-state index in [0.717, 1.165) is 25.1 Å². The van der Waals surface area contributed by atoms with Crippen molar-refractivity contribution in [2.45, 2.75) is 31.7 Å². The molecule has 19 heavy (non-hydrogen) atoms. The van der Waals surface area contributed by atoms with E-state index in [1.165, 1.54) is 12.8 Å². The predicted octanol–water partition coefficient (Wildman–Crippen LogP) is 1.81. The lowest BCUT2D eigenvalue weighted by atomic mass is 9.78. The van der Waals surface area contributed by atoms with Crippen LogP contribution in [0, 0.1) is 11.8 Å². The van der Waals surface area contributed by atoms with E-state index in [9.17, 15) is 4.79 Å². The van der Waals surface area contributed by atoms with Gasteiger partial charge in [0.2, 0.25) is 5.91 Å². The van der Waals surface area contributed by atoms with Crippen LogP contribution in [0.3, 0.4) is 0 Å². The Kier molecular flexibility index (Phi) is 3.56. The third-order valence-electron chi connectivity index (χ3n) is 4.70. The molecule has 1 saturated carbocycles. The fourth-order valence-electron chi connectivity index (χ4n) is 3.60. The number of nitrogens with two attached hydrogens (primary N) is 1. The fourth-order valence-corrected chi connectivity index (χ4v) is 3.60. The molecule has 3 atom stereocenters. The molecule has 0 aromatic heterocycles. The van der Waals surface area contributed by atoms with Crippen molar-refractivity contribution in [1.29, 1.82) is 0 Å². The number of carbonyl (C=O) groups is 1. The zero-order valence-electron chi connectivity index (χ0n) is 11.3. The maximum absolute atomic E-state index is 12.3. The first-order valence-corrected chi connectivity index (χ1v) is 7.31. The molecule has 1 heterocycles. The van der Waals surface area contributed by atoms with E-state index < -0.39 is 0 Å². The van der Waals surface area contributed by atoms with Crippen LogP contribution in [0.5, 0.6) is 0 Å². The number of hydrogen-bond acceptors (Lipinski definition) is 2. The number of hydrogen-bond donors (Lipinski definition) is 1. The van der Waals surface area contributed by atoms with Gasteiger partial charge in [0.1, 0.15) is 0 Å². The molecule has 1 aromatic carbocycles. The van der Waals surface area contributed by atoms with E-state index in [1.807, 2.05) is 35.2 Å². The van der Waals surface area contributed by atoms with E-state index in [1.54, 1.807) is 0 Å². The van der Waals surface area contributed by atoms with E-state index >= 15 is 0 Å². The molecule has 3 unspecified atom stereocenters. The summed E-state index contributed by atoms with van der Waals surface area (Å²) < 4.78 is 0. The van der Waals surface area contributed by atoms with E-state index in [4.69, 9.17) is 5.73 Å². The molecule has 3 heteroatoms. The molecule has 1 aliphatic carbocycles. The zero-order chi connectivity index (χ0) is 13.2. The molecule has 2 fully saturated rings. The summed E-state index contributed by atoms with van der Waals surface area (Å²) in [5.74, 6) is 1.43. The Balaban J connectivity index is 1.63. The Morgan fingerprint density at radius 3 is 2.74 bits per heavy atom. The topological polar surface area (TPSA) is 46.3 Å². The minimum atomic E-state index is 0.257. The Hall–Kier alpha value is -1.35. The van der Waals surface area contributed by atoms with Crippen molar-refractivity contribution in [3.63, 3.8) is 0 Å². The van der Waals surface area contributed by atoms with E-state index in [0.29, 0.717) is 24.3 Å². The highest BCUT2D eigenvalue weighted by Crippen LogP contribution is 2.35. The summed E-state index contributed by atoms with van der Waals surface area (Å²) >= 11 is 0. The number of nitrogens with zero attached hydrogens (tertiary/aromatic N) is 1. The lowest BCUT2D eigenvalue weighted by Crippen LogP contribution is -2.38. The summed E-state index contributed by atoms with van der Waals surface area (Å²) in [5.41, 5.74) is 7.30. The molecule has 2 N–H and O–H groups in total. The summed E-state index contributed by atoms with van der Waals surface area (Å²) in [7, 11) is 0. The number of carbonyl (C=O) groups excluding carboxylic acids is 1. The van der Waals surface area contributed by atoms with Gasteiger partial charge in [0.25, 0.3) is 0 Å². The van der Waals surface area contributed by atoms with E-state index in [-0.39, 0.29) is 5.91 Å². The second kappa shape index (κ2) is 5.33. The molecular weight excluding hydrogens is 236 g/mol. The second-order valence-electron chi connectivity index (χ2n) is 5.98. The van der Waals surface area contributed by atoms with Gasteiger partial charge in [0.15, 0.2) is 0 Å². The van der Waals surface area contributed by atoms with Crippen LogP contribution >= 0.6 is 0 Å². The van der Waals surface area contributed by atoms with Crippen molar-refractivity contribution >= 4 is 5.91 Å². The predicted molar refractivity (Wildman–Crippen MR) is 75.5 cm³/mol. The summed E-state index contributed by atoms with van der Waals surface area (Å²) in [4.78, 5) is 14.4. The van der Waals surface area contributed by atoms with Crippen LogP contribution < -0.4 is 5.73 Å². The second-order valence-corrected chi connectivity index (χ2v) is 5.98. The molecule has 1 amide bonds. The van der Waals surface area contributed by atoms with Crippen molar-refractivity contribution in [2.24, 2.45) is 17.6 Å². The molecule has 0 bridgehead atoms. The minimum Gasteiger partial charge on any atom is -0.342 e. The first-order chi connectivity index (χ1) is 9.24. The van der Waals surface area contributed by atoms with Gasteiger partial charge < -0.3 is 10.6 Å². The zero-order valence-corrected chi connectivity index (χ0v) is 11.3. The van der Waals surface area contributed by atoms with Crippen LogP contribution in [0.1, 0.15) is 24.8 Å². The van der Waals surface area contributed by atoms with Crippen LogP contribution in [-0.4, -0.2) is 29.9 Å². The average Bonchev–Trinajstić information content (AvgIpc) is 2.85. The van der Waals surface area contributed by atoms with Gasteiger partial charge in [-0.2, -0.15) is 0 Å². The highest BCUT2D eigenvalue weighted by atomic mass is 16.2. The Morgan fingerprint density at radius 2 is 2.00 bits per heavy atom. The van der Waals surface area contributed by atoms with Crippen molar-refractivity contribution < 1.29 is 4.79 Å². The highest BCUT2D eigenvalue weighted by molar-refractivity contribution is 5.79. The summed E-state index contributed by atoms with van der Waals surface area (Å²) in [6, 6.07) is 10.3. The van der Waals surface area contributed by atoms with Gasteiger partial charge in [-0.1, -0.05) is 36.8 Å². The number of benzene rings is 1. The molecule has 1 aromatic rings. The standard InChI is InChI=1S/C16H22N2O/c17-15-8-4-7-13-10-18(11-14(13)15)16(19)9-12-5-2-1-3-6-12/h1-3,5-6,13-15H,4,7-11,17H2. The maximum Gasteiger partial charge on any atom is 0.227 e. The van der Waals surface area contributed by atoms with Gasteiger partial charge in [0.05, 0.1) is 6.42 Å². The maximum atomic E-state index is 12.3. The van der Waals surface area contributed by atoms with Gasteiger partial charge in [0, 0.05) is 19.1 Å². The van der Waals surface area contributed by atoms with Crippen molar-refractivity contribution in [3.05, 3.63) is 35.9 Å². The van der Waals surface area contributed by atoms with E-state index in [2.05, 4.69) is 0 Å². The smallest absolute Gasteiger partial charge is 0.227 e. The minimum absolute atomic E-state index is 0.257. The number of likely N-dealkylation sites (tertiary alicyclic amines) is 1. The molecular formula is C16H22N2O. The Bertz CT molecular complexity index is 445. The highest BCUT2D eigenvalue weighted by Gasteiger charge is 2.40. The number of rotatable bonds is 2. The molecule has 3 rings (SSSR count). The molecule has 0 spiro atoms. The van der Waals surface area contributed by atoms with Crippen LogP contribution in [0.15, 0.2) is 30.3 Å². The van der Waals surface area contributed by atoms with Crippen LogP contribution in [-0.2, 0) is 11.2 Å². The first kappa shape index (κ1) is 12.7. The molecule has 1 aliphatic heterocycles. The van der Waals surface area contributed by atoms with Gasteiger partial charge in [-0.15, -0.1) is 0 Å². The lowest BCUT2D eigenvalue weighted by Gasteiger charge is -2.29. The lowest BCUT2D eigenvalue weighted by molar-refractivity contribution is -0.129. The van der Waals surface area contributed by atoms with Gasteiger partial charge in [-0.05, 0) is 30.2 Å². The van der Waals surface area contributed by atoms with Crippen LogP contribution in [0.25, 0.3) is 0 Å². The number of amides is 1. The quantitative estimate of drug-likeness (QED) is 0.879. The largest absolute Gasteiger partial charge is 0.342 e. The summed E-state index contributed by atoms with van der Waals surface area (Å²) in [6.45, 7) is 1.79. The summed E-state index contributed by atoms with van der Waals surface area (Å²) in [5, 5.41) is 0. The molecule has 102 valence electrons. The molecule has 0 radical (unpaired) electrons. The van der Waals surface area contributed by atoms with Crippen molar-refractivity contribution in [2.75, 3.05) is 13.1 Å².